The number of rotatable bonds is 5. The van der Waals surface area contributed by atoms with E-state index in [0.29, 0.717) is 24.4 Å². The Morgan fingerprint density at radius 2 is 2.00 bits per heavy atom. The zero-order chi connectivity index (χ0) is 17.9. The Morgan fingerprint density at radius 3 is 2.77 bits per heavy atom. The van der Waals surface area contributed by atoms with Crippen LogP contribution in [0.4, 0.5) is 5.69 Å². The number of carbonyl (C=O) groups is 1. The Bertz CT molecular complexity index is 905. The molecule has 0 amide bonds. The molecule has 1 atom stereocenters. The van der Waals surface area contributed by atoms with Gasteiger partial charge < -0.3 is 15.0 Å². The number of carbonyl (C=O) groups excluding carboxylic acids is 1. The summed E-state index contributed by atoms with van der Waals surface area (Å²) >= 11 is 0. The summed E-state index contributed by atoms with van der Waals surface area (Å²) in [5, 5.41) is 0. The van der Waals surface area contributed by atoms with Gasteiger partial charge in [-0.1, -0.05) is 30.3 Å². The van der Waals surface area contributed by atoms with Crippen molar-refractivity contribution in [2.45, 2.75) is 31.9 Å². The number of benzene rings is 2. The fourth-order valence-corrected chi connectivity index (χ4v) is 3.45. The number of fused-ring (bicyclic) bond motifs is 1. The minimum atomic E-state index is -0.204. The zero-order valence-corrected chi connectivity index (χ0v) is 14.5. The predicted molar refractivity (Wildman–Crippen MR) is 100 cm³/mol. The summed E-state index contributed by atoms with van der Waals surface area (Å²) in [7, 11) is 0. The van der Waals surface area contributed by atoms with Crippen LogP contribution in [0.2, 0.25) is 0 Å². The first-order chi connectivity index (χ1) is 12.7. The van der Waals surface area contributed by atoms with Crippen LogP contribution >= 0.6 is 0 Å². The second kappa shape index (κ2) is 7.04. The lowest BCUT2D eigenvalue weighted by atomic mass is 9.89. The number of imidazole rings is 1. The van der Waals surface area contributed by atoms with Crippen LogP contribution in [0.25, 0.3) is 0 Å². The van der Waals surface area contributed by atoms with Crippen LogP contribution in [0.3, 0.4) is 0 Å². The van der Waals surface area contributed by atoms with Crippen molar-refractivity contribution < 1.29 is 9.53 Å². The van der Waals surface area contributed by atoms with E-state index < -0.39 is 0 Å². The quantitative estimate of drug-likeness (QED) is 0.713. The van der Waals surface area contributed by atoms with Gasteiger partial charge in [0.05, 0.1) is 18.6 Å². The number of ketones is 1. The van der Waals surface area contributed by atoms with Gasteiger partial charge in [0.2, 0.25) is 0 Å². The lowest BCUT2D eigenvalue weighted by Gasteiger charge is -2.24. The van der Waals surface area contributed by atoms with E-state index in [4.69, 9.17) is 10.5 Å². The molecule has 0 saturated carbocycles. The lowest BCUT2D eigenvalue weighted by molar-refractivity contribution is 0.0972. The minimum absolute atomic E-state index is 0.169. The number of Topliss-reactive ketones (excluding diaryl/α,β-unsaturated/α-hetero) is 1. The predicted octanol–water partition coefficient (Wildman–Crippen LogP) is 3.80. The number of hydrogen-bond acceptors (Lipinski definition) is 4. The number of ether oxygens (including phenoxy) is 1. The monoisotopic (exact) mass is 347 g/mol. The van der Waals surface area contributed by atoms with E-state index in [-0.39, 0.29) is 11.9 Å². The Balaban J connectivity index is 1.66. The average molecular weight is 347 g/mol. The molecule has 0 spiro atoms. The van der Waals surface area contributed by atoms with Gasteiger partial charge in [-0.05, 0) is 36.1 Å². The third-order valence-corrected chi connectivity index (χ3v) is 4.82. The van der Waals surface area contributed by atoms with Gasteiger partial charge in [-0.15, -0.1) is 0 Å². The lowest BCUT2D eigenvalue weighted by Crippen LogP contribution is -2.17. The van der Waals surface area contributed by atoms with Crippen molar-refractivity contribution in [2.75, 3.05) is 5.73 Å². The van der Waals surface area contributed by atoms with Crippen molar-refractivity contribution >= 4 is 11.5 Å². The number of nitrogen functional groups attached to an aromatic ring is 1. The second-order valence-electron chi connectivity index (χ2n) is 6.56. The van der Waals surface area contributed by atoms with Crippen LogP contribution in [0, 0.1) is 0 Å². The maximum Gasteiger partial charge on any atom is 0.163 e. The summed E-state index contributed by atoms with van der Waals surface area (Å²) in [6, 6.07) is 13.7. The molecule has 2 aromatic carbocycles. The van der Waals surface area contributed by atoms with E-state index in [1.807, 2.05) is 53.2 Å². The molecule has 0 bridgehead atoms. The molecular formula is C21H21N3O2. The SMILES string of the molecule is Nc1c(OC(Cn2ccnc2)c2ccccc2)ccc2c1CCCC2=O. The molecular weight excluding hydrogens is 326 g/mol. The summed E-state index contributed by atoms with van der Waals surface area (Å²) in [5.41, 5.74) is 9.69. The summed E-state index contributed by atoms with van der Waals surface area (Å²) in [6.45, 7) is 0.624. The van der Waals surface area contributed by atoms with Crippen LogP contribution in [0.5, 0.6) is 5.75 Å². The van der Waals surface area contributed by atoms with Crippen molar-refractivity contribution in [3.8, 4) is 5.75 Å². The van der Waals surface area contributed by atoms with E-state index in [1.54, 1.807) is 12.5 Å². The topological polar surface area (TPSA) is 70.1 Å². The number of aromatic nitrogens is 2. The van der Waals surface area contributed by atoms with Gasteiger partial charge in [0.1, 0.15) is 11.9 Å². The maximum atomic E-state index is 12.1. The molecule has 2 N–H and O–H groups in total. The number of nitrogens with two attached hydrogens (primary N) is 1. The van der Waals surface area contributed by atoms with Gasteiger partial charge in [-0.3, -0.25) is 4.79 Å². The highest BCUT2D eigenvalue weighted by Crippen LogP contribution is 2.36. The van der Waals surface area contributed by atoms with Gasteiger partial charge in [0, 0.05) is 24.4 Å². The van der Waals surface area contributed by atoms with Crippen LogP contribution < -0.4 is 10.5 Å². The van der Waals surface area contributed by atoms with Crippen LogP contribution in [0.1, 0.15) is 40.4 Å². The summed E-state index contributed by atoms with van der Waals surface area (Å²) in [5.74, 6) is 0.801. The smallest absolute Gasteiger partial charge is 0.163 e. The van der Waals surface area contributed by atoms with E-state index >= 15 is 0 Å². The van der Waals surface area contributed by atoms with E-state index in [9.17, 15) is 4.79 Å². The van der Waals surface area contributed by atoms with Gasteiger partial charge in [0.15, 0.2) is 5.78 Å². The van der Waals surface area contributed by atoms with Gasteiger partial charge >= 0.3 is 0 Å². The Labute approximate surface area is 152 Å². The highest BCUT2D eigenvalue weighted by Gasteiger charge is 2.23. The first-order valence-corrected chi connectivity index (χ1v) is 8.84. The van der Waals surface area contributed by atoms with Crippen LogP contribution in [-0.4, -0.2) is 15.3 Å². The molecule has 1 aromatic heterocycles. The largest absolute Gasteiger partial charge is 0.482 e. The molecule has 0 radical (unpaired) electrons. The standard InChI is InChI=1S/C21H21N3O2/c22-21-17-7-4-8-18(25)16(17)9-10-19(21)26-20(13-24-12-11-23-14-24)15-5-2-1-3-6-15/h1-3,5-6,9-12,14,20H,4,7-8,13,22H2. The fourth-order valence-electron chi connectivity index (χ4n) is 3.45. The molecule has 1 aliphatic rings. The molecule has 26 heavy (non-hydrogen) atoms. The van der Waals surface area contributed by atoms with Crippen LogP contribution in [-0.2, 0) is 13.0 Å². The number of anilines is 1. The maximum absolute atomic E-state index is 12.1. The highest BCUT2D eigenvalue weighted by atomic mass is 16.5. The molecule has 5 heteroatoms. The first-order valence-electron chi connectivity index (χ1n) is 8.84. The molecule has 0 fully saturated rings. The van der Waals surface area contributed by atoms with E-state index in [1.165, 1.54) is 0 Å². The molecule has 132 valence electrons. The molecule has 1 unspecified atom stereocenters. The second-order valence-corrected chi connectivity index (χ2v) is 6.56. The highest BCUT2D eigenvalue weighted by molar-refractivity contribution is 6.00. The van der Waals surface area contributed by atoms with Gasteiger partial charge in [0.25, 0.3) is 0 Å². The molecule has 4 rings (SSSR count). The normalized spacial score (nSPS) is 14.7. The van der Waals surface area contributed by atoms with Crippen molar-refractivity contribution in [1.29, 1.82) is 0 Å². The Kier molecular flexibility index (Phi) is 4.44. The molecule has 1 aliphatic carbocycles. The van der Waals surface area contributed by atoms with Crippen molar-refractivity contribution in [3.05, 3.63) is 77.9 Å². The molecule has 5 nitrogen and oxygen atoms in total. The third-order valence-electron chi connectivity index (χ3n) is 4.82. The van der Waals surface area contributed by atoms with E-state index in [2.05, 4.69) is 4.98 Å². The summed E-state index contributed by atoms with van der Waals surface area (Å²) in [6.07, 6.45) is 7.49. The summed E-state index contributed by atoms with van der Waals surface area (Å²) in [4.78, 5) is 16.2. The zero-order valence-electron chi connectivity index (χ0n) is 14.5. The third kappa shape index (κ3) is 3.20. The summed E-state index contributed by atoms with van der Waals surface area (Å²) < 4.78 is 8.30. The van der Waals surface area contributed by atoms with Crippen molar-refractivity contribution in [2.24, 2.45) is 0 Å². The minimum Gasteiger partial charge on any atom is -0.482 e. The fraction of sp³-hybridized carbons (Fsp3) is 0.238. The molecule has 3 aromatic rings. The molecule has 0 saturated heterocycles. The first kappa shape index (κ1) is 16.4. The molecule has 0 aliphatic heterocycles. The average Bonchev–Trinajstić information content (AvgIpc) is 3.18. The van der Waals surface area contributed by atoms with Crippen LogP contribution in [0.15, 0.2) is 61.2 Å². The van der Waals surface area contributed by atoms with Gasteiger partial charge in [-0.2, -0.15) is 0 Å². The van der Waals surface area contributed by atoms with Crippen molar-refractivity contribution in [1.82, 2.24) is 9.55 Å². The van der Waals surface area contributed by atoms with Gasteiger partial charge in [-0.25, -0.2) is 4.98 Å². The Morgan fingerprint density at radius 1 is 1.15 bits per heavy atom. The van der Waals surface area contributed by atoms with Crippen molar-refractivity contribution in [3.63, 3.8) is 0 Å². The molecule has 1 heterocycles. The Hall–Kier alpha value is -3.08. The van der Waals surface area contributed by atoms with E-state index in [0.717, 1.165) is 29.5 Å². The number of hydrogen-bond donors (Lipinski definition) is 1. The number of nitrogens with zero attached hydrogens (tertiary/aromatic N) is 2.